The molecule has 2 aliphatic heterocycles. The van der Waals surface area contributed by atoms with E-state index in [2.05, 4.69) is 41.4 Å². The van der Waals surface area contributed by atoms with E-state index < -0.39 is 0 Å². The Bertz CT molecular complexity index is 522. The first-order valence-corrected chi connectivity index (χ1v) is 9.31. The molecular formula is C20H32N2. The van der Waals surface area contributed by atoms with Crippen molar-refractivity contribution in [3.05, 3.63) is 29.8 Å². The van der Waals surface area contributed by atoms with Crippen LogP contribution in [-0.2, 0) is 5.41 Å². The van der Waals surface area contributed by atoms with Crippen LogP contribution in [-0.4, -0.2) is 31.1 Å². The summed E-state index contributed by atoms with van der Waals surface area (Å²) in [6, 6.07) is 8.97. The van der Waals surface area contributed by atoms with Gasteiger partial charge in [-0.2, -0.15) is 0 Å². The largest absolute Gasteiger partial charge is 0.384 e. The van der Waals surface area contributed by atoms with Crippen molar-refractivity contribution < 1.29 is 1.43 Å². The Hall–Kier alpha value is -1.02. The summed E-state index contributed by atoms with van der Waals surface area (Å²) in [5.74, 6) is 1.92. The topological polar surface area (TPSA) is 15.3 Å². The van der Waals surface area contributed by atoms with Gasteiger partial charge in [0.1, 0.15) is 0 Å². The summed E-state index contributed by atoms with van der Waals surface area (Å²) >= 11 is 0. The van der Waals surface area contributed by atoms with Crippen LogP contribution in [0.3, 0.4) is 0 Å². The highest BCUT2D eigenvalue weighted by Crippen LogP contribution is 2.44. The molecule has 122 valence electrons. The third-order valence-electron chi connectivity index (χ3n) is 6.49. The van der Waals surface area contributed by atoms with Crippen LogP contribution in [0.1, 0.15) is 52.4 Å². The van der Waals surface area contributed by atoms with Crippen molar-refractivity contribution in [2.45, 2.75) is 50.9 Å². The zero-order valence-corrected chi connectivity index (χ0v) is 14.0. The predicted molar refractivity (Wildman–Crippen MR) is 95.5 cm³/mol. The lowest BCUT2D eigenvalue weighted by molar-refractivity contribution is 0.126. The number of nitrogens with zero attached hydrogens (tertiary/aromatic N) is 1. The van der Waals surface area contributed by atoms with Gasteiger partial charge in [0, 0.05) is 25.6 Å². The van der Waals surface area contributed by atoms with Gasteiger partial charge in [-0.25, -0.2) is 0 Å². The Morgan fingerprint density at radius 2 is 2.05 bits per heavy atom. The van der Waals surface area contributed by atoms with E-state index in [9.17, 15) is 0 Å². The van der Waals surface area contributed by atoms with E-state index in [1.807, 2.05) is 0 Å². The number of piperidine rings is 1. The quantitative estimate of drug-likeness (QED) is 0.864. The molecule has 22 heavy (non-hydrogen) atoms. The fraction of sp³-hybridized carbons (Fsp3) is 0.700. The summed E-state index contributed by atoms with van der Waals surface area (Å²) in [5, 5.41) is 3.64. The smallest absolute Gasteiger partial charge is 0.0379 e. The van der Waals surface area contributed by atoms with Crippen molar-refractivity contribution >= 4 is 5.69 Å². The summed E-state index contributed by atoms with van der Waals surface area (Å²) in [7, 11) is 0. The standard InChI is InChI=1S/C20H30N2.H2/c1-16-5-4-6-17(13-16)14-22-11-9-20(10-12-22)15-21-19-8-3-2-7-18(19)20;/h2-3,7-8,16-17,21H,4-6,9-15H2,1H3;1H. The number of anilines is 1. The predicted octanol–water partition coefficient (Wildman–Crippen LogP) is 4.52. The maximum absolute atomic E-state index is 3.64. The highest BCUT2D eigenvalue weighted by molar-refractivity contribution is 5.60. The van der Waals surface area contributed by atoms with Crippen LogP contribution in [0.5, 0.6) is 0 Å². The maximum Gasteiger partial charge on any atom is 0.0379 e. The normalized spacial score (nSPS) is 31.0. The zero-order chi connectivity index (χ0) is 15.0. The zero-order valence-electron chi connectivity index (χ0n) is 14.0. The molecule has 0 radical (unpaired) electrons. The number of benzene rings is 1. The van der Waals surface area contributed by atoms with Gasteiger partial charge >= 0.3 is 0 Å². The van der Waals surface area contributed by atoms with Gasteiger partial charge in [-0.15, -0.1) is 0 Å². The summed E-state index contributed by atoms with van der Waals surface area (Å²) in [5.41, 5.74) is 3.39. The minimum Gasteiger partial charge on any atom is -0.384 e. The molecule has 2 heteroatoms. The molecule has 2 nitrogen and oxygen atoms in total. The lowest BCUT2D eigenvalue weighted by Crippen LogP contribution is -2.45. The van der Waals surface area contributed by atoms with Gasteiger partial charge in [0.25, 0.3) is 0 Å². The minimum absolute atomic E-state index is 0. The molecule has 3 aliphatic rings. The van der Waals surface area contributed by atoms with Gasteiger partial charge in [-0.05, 0) is 62.2 Å². The minimum atomic E-state index is 0. The third kappa shape index (κ3) is 2.67. The number of hydrogen-bond donors (Lipinski definition) is 1. The fourth-order valence-corrected chi connectivity index (χ4v) is 5.16. The van der Waals surface area contributed by atoms with E-state index in [0.717, 1.165) is 18.4 Å². The van der Waals surface area contributed by atoms with Crippen molar-refractivity contribution in [3.8, 4) is 0 Å². The molecule has 2 fully saturated rings. The van der Waals surface area contributed by atoms with Crippen molar-refractivity contribution in [1.82, 2.24) is 4.90 Å². The van der Waals surface area contributed by atoms with Crippen molar-refractivity contribution in [2.75, 3.05) is 31.5 Å². The third-order valence-corrected chi connectivity index (χ3v) is 6.49. The molecule has 1 spiro atoms. The summed E-state index contributed by atoms with van der Waals surface area (Å²) in [6.07, 6.45) is 8.52. The van der Waals surface area contributed by atoms with E-state index >= 15 is 0 Å². The Kier molecular flexibility index (Phi) is 3.89. The second kappa shape index (κ2) is 5.88. The molecule has 1 N–H and O–H groups in total. The molecule has 4 rings (SSSR count). The monoisotopic (exact) mass is 300 g/mol. The highest BCUT2D eigenvalue weighted by atomic mass is 15.1. The molecule has 1 saturated carbocycles. The summed E-state index contributed by atoms with van der Waals surface area (Å²) in [4.78, 5) is 2.76. The van der Waals surface area contributed by atoms with Crippen LogP contribution < -0.4 is 5.32 Å². The van der Waals surface area contributed by atoms with E-state index in [-0.39, 0.29) is 1.43 Å². The number of likely N-dealkylation sites (tertiary alicyclic amines) is 1. The first kappa shape index (κ1) is 14.6. The Labute approximate surface area is 136 Å². The number of para-hydroxylation sites is 1. The maximum atomic E-state index is 3.64. The van der Waals surface area contributed by atoms with Gasteiger partial charge in [0.05, 0.1) is 0 Å². The lowest BCUT2D eigenvalue weighted by atomic mass is 9.74. The van der Waals surface area contributed by atoms with Crippen LogP contribution in [0.15, 0.2) is 24.3 Å². The molecule has 1 aromatic rings. The van der Waals surface area contributed by atoms with Crippen LogP contribution in [0.4, 0.5) is 5.69 Å². The summed E-state index contributed by atoms with van der Waals surface area (Å²) < 4.78 is 0. The van der Waals surface area contributed by atoms with Crippen molar-refractivity contribution in [1.29, 1.82) is 0 Å². The summed E-state index contributed by atoms with van der Waals surface area (Å²) in [6.45, 7) is 7.54. The average Bonchev–Trinajstić information content (AvgIpc) is 2.89. The van der Waals surface area contributed by atoms with Crippen molar-refractivity contribution in [3.63, 3.8) is 0 Å². The van der Waals surface area contributed by atoms with E-state index in [1.54, 1.807) is 5.56 Å². The van der Waals surface area contributed by atoms with Crippen molar-refractivity contribution in [2.24, 2.45) is 11.8 Å². The SMILES string of the molecule is CC1CCCC(CN2CCC3(CC2)CNc2ccccc23)C1.[HH]. The van der Waals surface area contributed by atoms with Crippen LogP contribution >= 0.6 is 0 Å². The molecular weight excluding hydrogens is 268 g/mol. The Morgan fingerprint density at radius 1 is 1.23 bits per heavy atom. The van der Waals surface area contributed by atoms with Gasteiger partial charge in [0.2, 0.25) is 0 Å². The number of nitrogens with one attached hydrogen (secondary N) is 1. The van der Waals surface area contributed by atoms with Crippen LogP contribution in [0.25, 0.3) is 0 Å². The molecule has 2 unspecified atom stereocenters. The first-order chi connectivity index (χ1) is 10.8. The van der Waals surface area contributed by atoms with Crippen LogP contribution in [0, 0.1) is 11.8 Å². The first-order valence-electron chi connectivity index (χ1n) is 9.31. The molecule has 1 aromatic carbocycles. The number of rotatable bonds is 2. The fourth-order valence-electron chi connectivity index (χ4n) is 5.16. The molecule has 0 aromatic heterocycles. The second-order valence-corrected chi connectivity index (χ2v) is 8.12. The lowest BCUT2D eigenvalue weighted by Gasteiger charge is -2.41. The Morgan fingerprint density at radius 3 is 2.86 bits per heavy atom. The number of hydrogen-bond acceptors (Lipinski definition) is 2. The van der Waals surface area contributed by atoms with Gasteiger partial charge in [-0.1, -0.05) is 38.0 Å². The Balaban J connectivity index is 0.00000156. The highest BCUT2D eigenvalue weighted by Gasteiger charge is 2.41. The van der Waals surface area contributed by atoms with Gasteiger partial charge in [0.15, 0.2) is 0 Å². The molecule has 2 heterocycles. The second-order valence-electron chi connectivity index (χ2n) is 8.12. The molecule has 1 saturated heterocycles. The van der Waals surface area contributed by atoms with E-state index in [1.165, 1.54) is 63.8 Å². The molecule has 0 amide bonds. The number of fused-ring (bicyclic) bond motifs is 2. The van der Waals surface area contributed by atoms with Crippen LogP contribution in [0.2, 0.25) is 0 Å². The average molecular weight is 300 g/mol. The molecule has 0 bridgehead atoms. The van der Waals surface area contributed by atoms with E-state index in [0.29, 0.717) is 5.41 Å². The molecule has 2 atom stereocenters. The van der Waals surface area contributed by atoms with Gasteiger partial charge in [-0.3, -0.25) is 0 Å². The van der Waals surface area contributed by atoms with Gasteiger partial charge < -0.3 is 10.2 Å². The van der Waals surface area contributed by atoms with E-state index in [4.69, 9.17) is 0 Å². The molecule has 1 aliphatic carbocycles.